The zero-order chi connectivity index (χ0) is 17.1. The molecule has 0 atom stereocenters. The Morgan fingerprint density at radius 3 is 1.83 bits per heavy atom. The Balaban J connectivity index is 2.09. The first-order valence-electron chi connectivity index (χ1n) is 8.78. The molecule has 1 heterocycles. The molecule has 0 saturated carbocycles. The second-order valence-corrected chi connectivity index (χ2v) is 6.16. The Labute approximate surface area is 136 Å². The van der Waals surface area contributed by atoms with Crippen LogP contribution < -0.4 is 5.73 Å². The summed E-state index contributed by atoms with van der Waals surface area (Å²) >= 11 is 0. The zero-order valence-corrected chi connectivity index (χ0v) is 14.1. The molecule has 0 fully saturated rings. The smallest absolute Gasteiger partial charge is 0.367 e. The van der Waals surface area contributed by atoms with Crippen molar-refractivity contribution < 1.29 is 17.7 Å². The molecule has 0 radical (unpaired) electrons. The molecule has 134 valence electrons. The van der Waals surface area contributed by atoms with Crippen molar-refractivity contribution in [2.45, 2.75) is 90.1 Å². The Morgan fingerprint density at radius 2 is 1.35 bits per heavy atom. The minimum Gasteiger partial charge on any atom is -0.367 e. The van der Waals surface area contributed by atoms with Crippen LogP contribution in [0.3, 0.4) is 0 Å². The van der Waals surface area contributed by atoms with Gasteiger partial charge in [-0.3, -0.25) is 0 Å². The summed E-state index contributed by atoms with van der Waals surface area (Å²) in [6, 6.07) is 0. The lowest BCUT2D eigenvalue weighted by atomic mass is 10.0. The number of hydrogen-bond donors (Lipinski definition) is 1. The van der Waals surface area contributed by atoms with Crippen molar-refractivity contribution in [2.24, 2.45) is 0 Å². The fourth-order valence-electron chi connectivity index (χ4n) is 2.75. The van der Waals surface area contributed by atoms with Gasteiger partial charge in [-0.15, -0.1) is 0 Å². The molecule has 0 amide bonds. The number of halogens is 3. The zero-order valence-electron chi connectivity index (χ0n) is 14.1. The van der Waals surface area contributed by atoms with Gasteiger partial charge in [-0.1, -0.05) is 76.3 Å². The predicted octanol–water partition coefficient (Wildman–Crippen LogP) is 6.13. The summed E-state index contributed by atoms with van der Waals surface area (Å²) in [5, 5.41) is 3.03. The first kappa shape index (κ1) is 19.8. The van der Waals surface area contributed by atoms with Crippen LogP contribution in [0, 0.1) is 0 Å². The van der Waals surface area contributed by atoms with E-state index in [-0.39, 0.29) is 17.9 Å². The van der Waals surface area contributed by atoms with Crippen LogP contribution in [0.5, 0.6) is 0 Å². The summed E-state index contributed by atoms with van der Waals surface area (Å²) in [6.45, 7) is 2.21. The number of nitrogen functional groups attached to an aromatic ring is 1. The van der Waals surface area contributed by atoms with Gasteiger partial charge in [0.05, 0.1) is 0 Å². The van der Waals surface area contributed by atoms with Crippen LogP contribution >= 0.6 is 0 Å². The lowest BCUT2D eigenvalue weighted by Crippen LogP contribution is -2.09. The lowest BCUT2D eigenvalue weighted by molar-refractivity contribution is -0.143. The molecule has 0 bridgehead atoms. The molecule has 0 aromatic carbocycles. The largest absolute Gasteiger partial charge is 0.437 e. The first-order valence-corrected chi connectivity index (χ1v) is 8.78. The number of hydrogen-bond acceptors (Lipinski definition) is 3. The Hall–Kier alpha value is -1.20. The van der Waals surface area contributed by atoms with E-state index in [1.807, 2.05) is 0 Å². The minimum atomic E-state index is -4.49. The van der Waals surface area contributed by atoms with Crippen molar-refractivity contribution in [2.75, 3.05) is 5.73 Å². The third-order valence-electron chi connectivity index (χ3n) is 4.12. The van der Waals surface area contributed by atoms with E-state index in [1.165, 1.54) is 44.9 Å². The monoisotopic (exact) mass is 334 g/mol. The third kappa shape index (κ3) is 7.75. The van der Waals surface area contributed by atoms with E-state index in [4.69, 9.17) is 5.73 Å². The molecule has 0 aliphatic carbocycles. The Kier molecular flexibility index (Phi) is 9.10. The predicted molar refractivity (Wildman–Crippen MR) is 86.1 cm³/mol. The molecule has 2 N–H and O–H groups in total. The van der Waals surface area contributed by atoms with Crippen molar-refractivity contribution in [3.63, 3.8) is 0 Å². The van der Waals surface area contributed by atoms with Crippen LogP contribution in [0.4, 0.5) is 19.1 Å². The first-order chi connectivity index (χ1) is 11.0. The third-order valence-corrected chi connectivity index (χ3v) is 4.12. The highest BCUT2D eigenvalue weighted by atomic mass is 19.4. The molecular formula is C17H29F3N2O. The van der Waals surface area contributed by atoms with E-state index in [2.05, 4.69) is 16.6 Å². The Bertz CT molecular complexity index is 430. The molecule has 0 unspecified atom stereocenters. The van der Waals surface area contributed by atoms with Crippen molar-refractivity contribution in [1.82, 2.24) is 5.16 Å². The number of aromatic nitrogens is 1. The van der Waals surface area contributed by atoms with Gasteiger partial charge in [0.2, 0.25) is 5.88 Å². The molecule has 0 spiro atoms. The number of rotatable bonds is 12. The van der Waals surface area contributed by atoms with Crippen molar-refractivity contribution >= 4 is 5.88 Å². The number of anilines is 1. The number of nitrogens with two attached hydrogens (primary N) is 1. The molecule has 1 rings (SSSR count). The van der Waals surface area contributed by atoms with Gasteiger partial charge in [0.1, 0.15) is 0 Å². The maximum absolute atomic E-state index is 12.7. The lowest BCUT2D eigenvalue weighted by Gasteiger charge is -2.06. The van der Waals surface area contributed by atoms with Gasteiger partial charge in [-0.05, 0) is 12.8 Å². The fourth-order valence-corrected chi connectivity index (χ4v) is 2.75. The van der Waals surface area contributed by atoms with E-state index in [0.29, 0.717) is 6.42 Å². The Morgan fingerprint density at radius 1 is 0.870 bits per heavy atom. The topological polar surface area (TPSA) is 52.0 Å². The average molecular weight is 334 g/mol. The van der Waals surface area contributed by atoms with Crippen LogP contribution in [0.15, 0.2) is 4.52 Å². The van der Waals surface area contributed by atoms with Crippen molar-refractivity contribution in [3.05, 3.63) is 11.3 Å². The quantitative estimate of drug-likeness (QED) is 0.468. The highest BCUT2D eigenvalue weighted by Crippen LogP contribution is 2.34. The van der Waals surface area contributed by atoms with Gasteiger partial charge in [-0.2, -0.15) is 13.2 Å². The van der Waals surface area contributed by atoms with Gasteiger partial charge >= 0.3 is 6.18 Å². The maximum atomic E-state index is 12.7. The molecule has 1 aromatic heterocycles. The van der Waals surface area contributed by atoms with Crippen LogP contribution in [-0.4, -0.2) is 5.16 Å². The summed E-state index contributed by atoms with van der Waals surface area (Å²) in [5.41, 5.74) is 4.48. The molecule has 23 heavy (non-hydrogen) atoms. The van der Waals surface area contributed by atoms with E-state index < -0.39 is 11.9 Å². The highest BCUT2D eigenvalue weighted by molar-refractivity contribution is 5.40. The second kappa shape index (κ2) is 10.6. The average Bonchev–Trinajstić information content (AvgIpc) is 2.86. The molecule has 0 saturated heterocycles. The van der Waals surface area contributed by atoms with Gasteiger partial charge in [0.15, 0.2) is 5.69 Å². The molecule has 6 heteroatoms. The van der Waals surface area contributed by atoms with Crippen molar-refractivity contribution in [1.29, 1.82) is 0 Å². The normalized spacial score (nSPS) is 12.0. The highest BCUT2D eigenvalue weighted by Gasteiger charge is 2.38. The minimum absolute atomic E-state index is 0.00780. The molecule has 3 nitrogen and oxygen atoms in total. The van der Waals surface area contributed by atoms with E-state index >= 15 is 0 Å². The van der Waals surface area contributed by atoms with E-state index in [0.717, 1.165) is 19.3 Å². The SMILES string of the molecule is CCCCCCCCCCCCCc1c(C(F)(F)F)noc1N. The van der Waals surface area contributed by atoms with Crippen molar-refractivity contribution in [3.8, 4) is 0 Å². The van der Waals surface area contributed by atoms with Crippen LogP contribution in [0.1, 0.15) is 88.8 Å². The second-order valence-electron chi connectivity index (χ2n) is 6.16. The summed E-state index contributed by atoms with van der Waals surface area (Å²) < 4.78 is 42.6. The standard InChI is InChI=1S/C17H29F3N2O/c1-2-3-4-5-6-7-8-9-10-11-12-13-14-15(17(18,19)20)22-23-16(14)21/h2-13,21H2,1H3. The summed E-state index contributed by atoms with van der Waals surface area (Å²) in [4.78, 5) is 0. The van der Waals surface area contributed by atoms with Gasteiger partial charge in [-0.25, -0.2) is 0 Å². The number of nitrogens with zero attached hydrogens (tertiary/aromatic N) is 1. The summed E-state index contributed by atoms with van der Waals surface area (Å²) in [7, 11) is 0. The van der Waals surface area contributed by atoms with Gasteiger partial charge in [0, 0.05) is 5.56 Å². The summed E-state index contributed by atoms with van der Waals surface area (Å²) in [6.07, 6.45) is 8.62. The van der Waals surface area contributed by atoms with E-state index in [1.54, 1.807) is 0 Å². The van der Waals surface area contributed by atoms with Crippen LogP contribution in [-0.2, 0) is 12.6 Å². The molecular weight excluding hydrogens is 305 g/mol. The van der Waals surface area contributed by atoms with Crippen LogP contribution in [0.25, 0.3) is 0 Å². The molecule has 0 aliphatic heterocycles. The maximum Gasteiger partial charge on any atom is 0.437 e. The number of unbranched alkanes of at least 4 members (excludes halogenated alkanes) is 10. The summed E-state index contributed by atoms with van der Waals surface area (Å²) in [5.74, 6) is -0.204. The number of alkyl halides is 3. The molecule has 0 aliphatic rings. The van der Waals surface area contributed by atoms with E-state index in [9.17, 15) is 13.2 Å². The van der Waals surface area contributed by atoms with Gasteiger partial charge < -0.3 is 10.3 Å². The van der Waals surface area contributed by atoms with Gasteiger partial charge in [0.25, 0.3) is 0 Å². The molecule has 1 aromatic rings. The fraction of sp³-hybridized carbons (Fsp3) is 0.824. The van der Waals surface area contributed by atoms with Crippen LogP contribution in [0.2, 0.25) is 0 Å².